The number of amides is 1. The Balaban J connectivity index is 1.96. The number of hydrogen-bond acceptors (Lipinski definition) is 6. The molecule has 0 radical (unpaired) electrons. The van der Waals surface area contributed by atoms with Crippen molar-refractivity contribution >= 4 is 27.8 Å². The summed E-state index contributed by atoms with van der Waals surface area (Å²) >= 11 is 5.85. The summed E-state index contributed by atoms with van der Waals surface area (Å²) in [5, 5.41) is -0.0777. The van der Waals surface area contributed by atoms with Crippen molar-refractivity contribution in [2.75, 3.05) is 32.6 Å². The molecule has 0 aromatic heterocycles. The van der Waals surface area contributed by atoms with Gasteiger partial charge in [-0.25, -0.2) is 9.18 Å². The van der Waals surface area contributed by atoms with E-state index in [-0.39, 0.29) is 35.8 Å². The quantitative estimate of drug-likeness (QED) is 0.562. The normalized spacial score (nSPS) is 17.1. The molecule has 1 aromatic rings. The van der Waals surface area contributed by atoms with E-state index in [1.807, 2.05) is 20.8 Å². The second-order valence-corrected chi connectivity index (χ2v) is 10.4. The Bertz CT molecular complexity index is 834. The van der Waals surface area contributed by atoms with Crippen molar-refractivity contribution in [2.24, 2.45) is 5.92 Å². The zero-order valence-corrected chi connectivity index (χ0v) is 19.3. The van der Waals surface area contributed by atoms with Crippen LogP contribution in [0.4, 0.5) is 9.18 Å². The van der Waals surface area contributed by atoms with Crippen LogP contribution in [-0.4, -0.2) is 57.6 Å². The molecule has 0 aliphatic carbocycles. The zero-order valence-electron chi connectivity index (χ0n) is 17.7. The van der Waals surface area contributed by atoms with Gasteiger partial charge < -0.3 is 14.4 Å². The minimum absolute atomic E-state index is 0.0777. The summed E-state index contributed by atoms with van der Waals surface area (Å²) in [6.45, 7) is 6.42. The number of carbonyl (C=O) groups excluding carboxylic acids is 1. The molecule has 30 heavy (non-hydrogen) atoms. The van der Waals surface area contributed by atoms with Crippen LogP contribution in [0, 0.1) is 11.7 Å². The van der Waals surface area contributed by atoms with E-state index in [1.54, 1.807) is 11.0 Å². The first kappa shape index (κ1) is 24.8. The molecule has 1 aliphatic heterocycles. The Hall–Kier alpha value is -1.42. The number of benzene rings is 1. The van der Waals surface area contributed by atoms with Gasteiger partial charge in [0.05, 0.1) is 24.5 Å². The van der Waals surface area contributed by atoms with Crippen molar-refractivity contribution in [1.82, 2.24) is 4.90 Å². The van der Waals surface area contributed by atoms with Gasteiger partial charge in [0.25, 0.3) is 10.1 Å². The Kier molecular flexibility index (Phi) is 8.50. The van der Waals surface area contributed by atoms with E-state index in [1.165, 1.54) is 12.1 Å². The fourth-order valence-electron chi connectivity index (χ4n) is 3.04. The highest BCUT2D eigenvalue weighted by Gasteiger charge is 2.28. The number of ether oxygens (including phenoxy) is 2. The molecule has 1 aliphatic rings. The Morgan fingerprint density at radius 1 is 1.30 bits per heavy atom. The van der Waals surface area contributed by atoms with E-state index in [2.05, 4.69) is 0 Å². The molecule has 0 N–H and O–H groups in total. The Morgan fingerprint density at radius 2 is 1.93 bits per heavy atom. The van der Waals surface area contributed by atoms with Gasteiger partial charge in [-0.2, -0.15) is 8.42 Å². The molecule has 0 saturated carbocycles. The third-order valence-corrected chi connectivity index (χ3v) is 5.42. The van der Waals surface area contributed by atoms with E-state index >= 15 is 0 Å². The maximum atomic E-state index is 14.4. The topological polar surface area (TPSA) is 82.1 Å². The molecule has 170 valence electrons. The SMILES string of the molecule is CC(C)(C)OC(=O)N1CCC(CO[C@@H](COS(C)(=O)=O)c2cccc(Cl)c2F)CC1. The minimum Gasteiger partial charge on any atom is -0.444 e. The molecule has 1 heterocycles. The number of nitrogens with zero attached hydrogens (tertiary/aromatic N) is 1. The third kappa shape index (κ3) is 8.02. The van der Waals surface area contributed by atoms with Crippen molar-refractivity contribution in [3.05, 3.63) is 34.6 Å². The first-order valence-corrected chi connectivity index (χ1v) is 11.9. The van der Waals surface area contributed by atoms with E-state index in [0.717, 1.165) is 6.26 Å². The average molecular weight is 466 g/mol. The van der Waals surface area contributed by atoms with Crippen LogP contribution in [-0.2, 0) is 23.8 Å². The van der Waals surface area contributed by atoms with Crippen molar-refractivity contribution in [3.63, 3.8) is 0 Å². The maximum absolute atomic E-state index is 14.4. The summed E-state index contributed by atoms with van der Waals surface area (Å²) in [5.41, 5.74) is -0.414. The molecule has 1 atom stereocenters. The van der Waals surface area contributed by atoms with Crippen LogP contribution < -0.4 is 0 Å². The number of halogens is 2. The van der Waals surface area contributed by atoms with Gasteiger partial charge in [-0.15, -0.1) is 0 Å². The number of rotatable bonds is 7. The van der Waals surface area contributed by atoms with E-state index in [9.17, 15) is 17.6 Å². The smallest absolute Gasteiger partial charge is 0.410 e. The van der Waals surface area contributed by atoms with Crippen LogP contribution in [0.1, 0.15) is 45.3 Å². The van der Waals surface area contributed by atoms with Crippen molar-refractivity contribution < 1.29 is 31.3 Å². The Labute approximate surface area is 182 Å². The van der Waals surface area contributed by atoms with Crippen LogP contribution in [0.25, 0.3) is 0 Å². The molecule has 1 fully saturated rings. The van der Waals surface area contributed by atoms with Crippen LogP contribution in [0.5, 0.6) is 0 Å². The van der Waals surface area contributed by atoms with Gasteiger partial charge in [0, 0.05) is 18.7 Å². The molecule has 7 nitrogen and oxygen atoms in total. The summed E-state index contributed by atoms with van der Waals surface area (Å²) in [6.07, 6.45) is 1.03. The summed E-state index contributed by atoms with van der Waals surface area (Å²) in [7, 11) is -3.72. The number of carbonyl (C=O) groups is 1. The zero-order chi connectivity index (χ0) is 22.5. The average Bonchev–Trinajstić information content (AvgIpc) is 2.63. The van der Waals surface area contributed by atoms with E-state index < -0.39 is 27.6 Å². The molecular weight excluding hydrogens is 437 g/mol. The highest BCUT2D eigenvalue weighted by atomic mass is 35.5. The number of hydrogen-bond donors (Lipinski definition) is 0. The van der Waals surface area contributed by atoms with Crippen LogP contribution in [0.15, 0.2) is 18.2 Å². The van der Waals surface area contributed by atoms with Crippen molar-refractivity contribution in [2.45, 2.75) is 45.3 Å². The highest BCUT2D eigenvalue weighted by Crippen LogP contribution is 2.28. The molecular formula is C20H29ClFNO6S. The van der Waals surface area contributed by atoms with Gasteiger partial charge in [0.2, 0.25) is 0 Å². The predicted molar refractivity (Wildman–Crippen MR) is 111 cm³/mol. The van der Waals surface area contributed by atoms with Crippen LogP contribution in [0.3, 0.4) is 0 Å². The lowest BCUT2D eigenvalue weighted by molar-refractivity contribution is -0.0173. The lowest BCUT2D eigenvalue weighted by atomic mass is 9.98. The van der Waals surface area contributed by atoms with Crippen LogP contribution >= 0.6 is 11.6 Å². The lowest BCUT2D eigenvalue weighted by Gasteiger charge is -2.33. The molecule has 1 aromatic carbocycles. The Morgan fingerprint density at radius 3 is 2.50 bits per heavy atom. The van der Waals surface area contributed by atoms with Gasteiger partial charge >= 0.3 is 6.09 Å². The molecule has 0 unspecified atom stereocenters. The van der Waals surface area contributed by atoms with Gasteiger partial charge in [-0.1, -0.05) is 23.7 Å². The number of piperidine rings is 1. The summed E-state index contributed by atoms with van der Waals surface area (Å²) in [5.74, 6) is -0.535. The molecule has 10 heteroatoms. The summed E-state index contributed by atoms with van der Waals surface area (Å²) in [4.78, 5) is 13.8. The van der Waals surface area contributed by atoms with E-state index in [4.69, 9.17) is 25.3 Å². The van der Waals surface area contributed by atoms with Gasteiger partial charge in [0.15, 0.2) is 0 Å². The lowest BCUT2D eigenvalue weighted by Crippen LogP contribution is -2.42. The molecule has 1 saturated heterocycles. The second kappa shape index (κ2) is 10.3. The monoisotopic (exact) mass is 465 g/mol. The number of likely N-dealkylation sites (tertiary alicyclic amines) is 1. The molecule has 0 spiro atoms. The summed E-state index contributed by atoms with van der Waals surface area (Å²) < 4.78 is 53.3. The first-order valence-electron chi connectivity index (χ1n) is 9.73. The molecule has 2 rings (SSSR count). The molecule has 1 amide bonds. The predicted octanol–water partition coefficient (Wildman–Crippen LogP) is 4.16. The van der Waals surface area contributed by atoms with Gasteiger partial charge in [0.1, 0.15) is 17.5 Å². The fraction of sp³-hybridized carbons (Fsp3) is 0.650. The van der Waals surface area contributed by atoms with Crippen molar-refractivity contribution in [1.29, 1.82) is 0 Å². The third-order valence-electron chi connectivity index (χ3n) is 4.56. The summed E-state index contributed by atoms with van der Waals surface area (Å²) in [6, 6.07) is 4.46. The van der Waals surface area contributed by atoms with Gasteiger partial charge in [-0.3, -0.25) is 4.18 Å². The standard InChI is InChI=1S/C20H29ClFNO6S/c1-20(2,3)29-19(24)23-10-8-14(9-11-23)12-27-17(13-28-30(4,25)26)15-6-5-7-16(21)18(15)22/h5-7,14,17H,8-13H2,1-4H3/t17-/m0/s1. The maximum Gasteiger partial charge on any atom is 0.410 e. The van der Waals surface area contributed by atoms with E-state index in [0.29, 0.717) is 25.9 Å². The van der Waals surface area contributed by atoms with Crippen molar-refractivity contribution in [3.8, 4) is 0 Å². The second-order valence-electron chi connectivity index (χ2n) is 8.36. The van der Waals surface area contributed by atoms with Crippen LogP contribution in [0.2, 0.25) is 5.02 Å². The fourth-order valence-corrected chi connectivity index (χ4v) is 3.60. The highest BCUT2D eigenvalue weighted by molar-refractivity contribution is 7.85. The first-order chi connectivity index (χ1) is 13.9. The minimum atomic E-state index is -3.72. The molecule has 0 bridgehead atoms. The van der Waals surface area contributed by atoms with Gasteiger partial charge in [-0.05, 0) is 45.6 Å². The largest absolute Gasteiger partial charge is 0.444 e.